The van der Waals surface area contributed by atoms with E-state index < -0.39 is 62.2 Å². The molecule has 0 fully saturated rings. The van der Waals surface area contributed by atoms with E-state index in [4.69, 9.17) is 5.73 Å². The molecule has 0 heterocycles. The van der Waals surface area contributed by atoms with E-state index in [0.717, 1.165) is 36.4 Å². The Labute approximate surface area is 181 Å². The monoisotopic (exact) mass is 503 g/mol. The Morgan fingerprint density at radius 3 is 1.91 bits per heavy atom. The number of hydrogen-bond donors (Lipinski definition) is 5. The minimum atomic E-state index is -5.03. The van der Waals surface area contributed by atoms with Gasteiger partial charge in [-0.1, -0.05) is 6.07 Å². The quantitative estimate of drug-likeness (QED) is 0.192. The van der Waals surface area contributed by atoms with Crippen LogP contribution >= 0.6 is 0 Å². The summed E-state index contributed by atoms with van der Waals surface area (Å²) in [6.07, 6.45) is 0. The van der Waals surface area contributed by atoms with Crippen molar-refractivity contribution >= 4 is 58.2 Å². The predicted molar refractivity (Wildman–Crippen MR) is 110 cm³/mol. The molecule has 0 radical (unpaired) electrons. The molecule has 0 saturated carbocycles. The van der Waals surface area contributed by atoms with E-state index in [2.05, 4.69) is 10.2 Å². The Morgan fingerprint density at radius 2 is 1.34 bits per heavy atom. The highest BCUT2D eigenvalue weighted by Gasteiger charge is 2.23. The maximum Gasteiger partial charge on any atom is 0.298 e. The number of benzene rings is 3. The number of rotatable bonds is 5. The van der Waals surface area contributed by atoms with Gasteiger partial charge in [0, 0.05) is 11.1 Å². The van der Waals surface area contributed by atoms with Crippen molar-refractivity contribution in [1.82, 2.24) is 0 Å². The molecule has 13 nitrogen and oxygen atoms in total. The van der Waals surface area contributed by atoms with E-state index in [-0.39, 0.29) is 16.5 Å². The molecule has 3 rings (SSSR count). The highest BCUT2D eigenvalue weighted by molar-refractivity contribution is 7.86. The topological polar surface area (TPSA) is 234 Å². The van der Waals surface area contributed by atoms with Gasteiger partial charge in [-0.2, -0.15) is 25.3 Å². The lowest BCUT2D eigenvalue weighted by Gasteiger charge is -2.10. The summed E-state index contributed by atoms with van der Waals surface area (Å²) in [6, 6.07) is 6.76. The molecule has 170 valence electrons. The smallest absolute Gasteiger partial charge is 0.298 e. The maximum absolute atomic E-state index is 11.7. The van der Waals surface area contributed by atoms with Crippen LogP contribution < -0.4 is 5.73 Å². The van der Waals surface area contributed by atoms with Gasteiger partial charge < -0.3 is 10.8 Å². The summed E-state index contributed by atoms with van der Waals surface area (Å²) < 4.78 is 97.2. The summed E-state index contributed by atoms with van der Waals surface area (Å²) in [4.78, 5) is -2.41. The van der Waals surface area contributed by atoms with Gasteiger partial charge in [-0.05, 0) is 41.8 Å². The number of anilines is 1. The molecule has 0 aliphatic rings. The molecule has 32 heavy (non-hydrogen) atoms. The number of hydrogen-bond acceptors (Lipinski definition) is 10. The summed E-state index contributed by atoms with van der Waals surface area (Å²) in [5.41, 5.74) is 4.45. The zero-order chi connectivity index (χ0) is 24.1. The third-order valence-electron chi connectivity index (χ3n) is 4.12. The fourth-order valence-corrected chi connectivity index (χ4v) is 4.50. The third kappa shape index (κ3) is 4.69. The Balaban J connectivity index is 2.35. The van der Waals surface area contributed by atoms with Crippen molar-refractivity contribution < 1.29 is 44.0 Å². The number of nitrogen functional groups attached to an aromatic ring is 1. The van der Waals surface area contributed by atoms with E-state index in [1.807, 2.05) is 0 Å². The van der Waals surface area contributed by atoms with Gasteiger partial charge in [0.15, 0.2) is 5.75 Å². The molecule has 3 aromatic rings. The van der Waals surface area contributed by atoms with Crippen LogP contribution in [0.1, 0.15) is 0 Å². The van der Waals surface area contributed by atoms with Crippen LogP contribution in [0.4, 0.5) is 17.1 Å². The molecule has 16 heteroatoms. The van der Waals surface area contributed by atoms with E-state index >= 15 is 0 Å². The van der Waals surface area contributed by atoms with Crippen LogP contribution in [0.5, 0.6) is 5.75 Å². The molecule has 0 amide bonds. The Bertz CT molecular complexity index is 1610. The first-order valence-electron chi connectivity index (χ1n) is 8.12. The van der Waals surface area contributed by atoms with Crippen LogP contribution in [-0.2, 0) is 30.4 Å². The minimum Gasteiger partial charge on any atom is -0.504 e. The highest BCUT2D eigenvalue weighted by atomic mass is 32.2. The van der Waals surface area contributed by atoms with E-state index in [9.17, 15) is 44.0 Å². The van der Waals surface area contributed by atoms with Crippen molar-refractivity contribution in [2.75, 3.05) is 5.73 Å². The Hall–Kier alpha value is -3.15. The van der Waals surface area contributed by atoms with Crippen LogP contribution in [0.2, 0.25) is 0 Å². The first kappa shape index (κ1) is 23.5. The van der Waals surface area contributed by atoms with Crippen molar-refractivity contribution in [3.05, 3.63) is 42.5 Å². The molecule has 0 bridgehead atoms. The van der Waals surface area contributed by atoms with Gasteiger partial charge in [-0.15, -0.1) is 10.2 Å². The second-order valence-corrected chi connectivity index (χ2v) is 10.5. The van der Waals surface area contributed by atoms with Gasteiger partial charge in [-0.3, -0.25) is 13.7 Å². The molecule has 0 unspecified atom stereocenters. The van der Waals surface area contributed by atoms with Crippen LogP contribution in [0.3, 0.4) is 0 Å². The van der Waals surface area contributed by atoms with Gasteiger partial charge in [0.05, 0.1) is 4.90 Å². The van der Waals surface area contributed by atoms with Crippen LogP contribution in [0, 0.1) is 0 Å². The first-order chi connectivity index (χ1) is 14.6. The molecule has 0 aromatic heterocycles. The number of aromatic hydroxyl groups is 1. The second-order valence-electron chi connectivity index (χ2n) is 6.31. The molecule has 3 aromatic carbocycles. The fraction of sp³-hybridized carbons (Fsp3) is 0. The third-order valence-corrected chi connectivity index (χ3v) is 6.72. The largest absolute Gasteiger partial charge is 0.504 e. The summed E-state index contributed by atoms with van der Waals surface area (Å²) >= 11 is 0. The molecular formula is C16H13N3O10S3. The number of nitrogens with two attached hydrogens (primary N) is 1. The molecule has 0 aliphatic heterocycles. The summed E-state index contributed by atoms with van der Waals surface area (Å²) in [5, 5.41) is 17.4. The first-order valence-corrected chi connectivity index (χ1v) is 12.4. The molecule has 0 spiro atoms. The Kier molecular flexibility index (Phi) is 5.71. The molecule has 0 saturated heterocycles. The molecular weight excluding hydrogens is 490 g/mol. The van der Waals surface area contributed by atoms with Crippen LogP contribution in [0.25, 0.3) is 10.8 Å². The number of phenols is 1. The zero-order valence-electron chi connectivity index (χ0n) is 15.5. The van der Waals surface area contributed by atoms with E-state index in [0.29, 0.717) is 0 Å². The lowest BCUT2D eigenvalue weighted by Crippen LogP contribution is -2.01. The van der Waals surface area contributed by atoms with Crippen molar-refractivity contribution in [2.24, 2.45) is 10.2 Å². The number of azo groups is 1. The van der Waals surface area contributed by atoms with E-state index in [1.165, 1.54) is 6.07 Å². The van der Waals surface area contributed by atoms with Crippen molar-refractivity contribution in [2.45, 2.75) is 14.7 Å². The normalized spacial score (nSPS) is 13.1. The van der Waals surface area contributed by atoms with Crippen molar-refractivity contribution in [1.29, 1.82) is 0 Å². The van der Waals surface area contributed by atoms with Crippen molar-refractivity contribution in [3.8, 4) is 5.75 Å². The zero-order valence-corrected chi connectivity index (χ0v) is 17.9. The number of fused-ring (bicyclic) bond motifs is 1. The standard InChI is InChI=1S/C16H13N3O10S3/c17-9-1-4-12(13(7-9)31(24,25)26)18-19-15-11-3-2-10(30(21,22)23)5-8(11)6-14(16(15)20)32(27,28)29/h1-7,20H,17H2,(H,21,22,23)(H,24,25,26)(H,27,28,29). The molecule has 0 aliphatic carbocycles. The van der Waals surface area contributed by atoms with Gasteiger partial charge in [0.25, 0.3) is 30.4 Å². The molecule has 0 atom stereocenters. The molecule has 6 N–H and O–H groups in total. The summed E-state index contributed by atoms with van der Waals surface area (Å²) in [5.74, 6) is -1.08. The number of nitrogens with zero attached hydrogens (tertiary/aromatic N) is 2. The maximum atomic E-state index is 11.7. The lowest BCUT2D eigenvalue weighted by atomic mass is 10.1. The summed E-state index contributed by atoms with van der Waals surface area (Å²) in [7, 11) is -14.5. The predicted octanol–water partition coefficient (Wildman–Crippen LogP) is 2.28. The SMILES string of the molecule is Nc1ccc(N=Nc2c(O)c(S(=O)(=O)O)cc3cc(S(=O)(=O)O)ccc23)c(S(=O)(=O)O)c1. The van der Waals surface area contributed by atoms with Crippen molar-refractivity contribution in [3.63, 3.8) is 0 Å². The van der Waals surface area contributed by atoms with Gasteiger partial charge in [-0.25, -0.2) is 0 Å². The fourth-order valence-electron chi connectivity index (χ4n) is 2.71. The number of phenolic OH excluding ortho intramolecular Hbond substituents is 1. The summed E-state index contributed by atoms with van der Waals surface area (Å²) in [6.45, 7) is 0. The van der Waals surface area contributed by atoms with Gasteiger partial charge in [0.1, 0.15) is 21.2 Å². The average molecular weight is 503 g/mol. The second kappa shape index (κ2) is 7.76. The van der Waals surface area contributed by atoms with Gasteiger partial charge in [0.2, 0.25) is 0 Å². The van der Waals surface area contributed by atoms with E-state index in [1.54, 1.807) is 0 Å². The highest BCUT2D eigenvalue weighted by Crippen LogP contribution is 2.42. The van der Waals surface area contributed by atoms with Gasteiger partial charge >= 0.3 is 0 Å². The van der Waals surface area contributed by atoms with Crippen LogP contribution in [-0.4, -0.2) is 44.0 Å². The Morgan fingerprint density at radius 1 is 0.719 bits per heavy atom. The average Bonchev–Trinajstić information content (AvgIpc) is 2.65. The minimum absolute atomic E-state index is 0.0315. The lowest BCUT2D eigenvalue weighted by molar-refractivity contribution is 0.445. The van der Waals surface area contributed by atoms with Crippen LogP contribution in [0.15, 0.2) is 67.4 Å².